The minimum absolute atomic E-state index is 0.712. The highest BCUT2D eigenvalue weighted by Gasteiger charge is 2.05. The normalized spacial score (nSPS) is 11.1. The molecular formula is C12H13N5. The van der Waals surface area contributed by atoms with Crippen molar-refractivity contribution in [2.45, 2.75) is 6.54 Å². The van der Waals surface area contributed by atoms with Crippen LogP contribution >= 0.6 is 0 Å². The van der Waals surface area contributed by atoms with Crippen LogP contribution in [0.3, 0.4) is 0 Å². The van der Waals surface area contributed by atoms with Crippen molar-refractivity contribution in [2.24, 2.45) is 7.05 Å². The summed E-state index contributed by atoms with van der Waals surface area (Å²) in [7, 11) is 1.89. The van der Waals surface area contributed by atoms with Crippen LogP contribution in [0, 0.1) is 0 Å². The molecule has 0 aliphatic heterocycles. The maximum atomic E-state index is 5.76. The van der Waals surface area contributed by atoms with Gasteiger partial charge in [0.15, 0.2) is 0 Å². The fourth-order valence-corrected chi connectivity index (χ4v) is 1.97. The SMILES string of the molecule is Cn1ncnc1Cn1ccc2cc(N)ccc21. The van der Waals surface area contributed by atoms with Gasteiger partial charge >= 0.3 is 0 Å². The van der Waals surface area contributed by atoms with Gasteiger partial charge in [-0.15, -0.1) is 0 Å². The first-order chi connectivity index (χ1) is 8.24. The molecule has 0 amide bonds. The summed E-state index contributed by atoms with van der Waals surface area (Å²) in [6.45, 7) is 0.712. The Morgan fingerprint density at radius 2 is 2.18 bits per heavy atom. The molecule has 3 rings (SSSR count). The maximum absolute atomic E-state index is 5.76. The molecule has 17 heavy (non-hydrogen) atoms. The Hall–Kier alpha value is -2.30. The zero-order valence-electron chi connectivity index (χ0n) is 9.54. The number of anilines is 1. The van der Waals surface area contributed by atoms with E-state index in [1.54, 1.807) is 11.0 Å². The fourth-order valence-electron chi connectivity index (χ4n) is 1.97. The van der Waals surface area contributed by atoms with E-state index in [9.17, 15) is 0 Å². The molecule has 1 aromatic carbocycles. The van der Waals surface area contributed by atoms with Crippen LogP contribution in [0.2, 0.25) is 0 Å². The number of benzene rings is 1. The Kier molecular flexibility index (Phi) is 2.11. The van der Waals surface area contributed by atoms with Crippen molar-refractivity contribution in [2.75, 3.05) is 5.73 Å². The molecule has 0 radical (unpaired) electrons. The number of nitrogens with two attached hydrogens (primary N) is 1. The van der Waals surface area contributed by atoms with Gasteiger partial charge in [0.05, 0.1) is 6.54 Å². The number of fused-ring (bicyclic) bond motifs is 1. The Balaban J connectivity index is 2.04. The number of nitrogen functional groups attached to an aromatic ring is 1. The molecule has 2 aromatic heterocycles. The summed E-state index contributed by atoms with van der Waals surface area (Å²) in [5, 5.41) is 5.21. The highest BCUT2D eigenvalue weighted by molar-refractivity contribution is 5.83. The predicted octanol–water partition coefficient (Wildman–Crippen LogP) is 1.40. The molecular weight excluding hydrogens is 214 g/mol. The zero-order chi connectivity index (χ0) is 11.8. The van der Waals surface area contributed by atoms with Gasteiger partial charge in [-0.3, -0.25) is 4.68 Å². The molecule has 0 saturated heterocycles. The predicted molar refractivity (Wildman–Crippen MR) is 66.5 cm³/mol. The second-order valence-electron chi connectivity index (χ2n) is 4.06. The van der Waals surface area contributed by atoms with Crippen molar-refractivity contribution < 1.29 is 0 Å². The Labute approximate surface area is 98.5 Å². The molecule has 0 fully saturated rings. The quantitative estimate of drug-likeness (QED) is 0.673. The molecule has 0 bridgehead atoms. The molecule has 5 heteroatoms. The van der Waals surface area contributed by atoms with E-state index in [2.05, 4.69) is 20.7 Å². The van der Waals surface area contributed by atoms with E-state index in [0.29, 0.717) is 6.54 Å². The molecule has 3 aromatic rings. The van der Waals surface area contributed by atoms with Crippen LogP contribution in [0.4, 0.5) is 5.69 Å². The first kappa shape index (κ1) is 9.89. The number of aryl methyl sites for hydroxylation is 1. The van der Waals surface area contributed by atoms with Crippen LogP contribution < -0.4 is 5.73 Å². The van der Waals surface area contributed by atoms with Gasteiger partial charge in [-0.25, -0.2) is 4.98 Å². The van der Waals surface area contributed by atoms with E-state index < -0.39 is 0 Å². The van der Waals surface area contributed by atoms with Crippen LogP contribution in [0.5, 0.6) is 0 Å². The molecule has 0 spiro atoms. The molecule has 86 valence electrons. The smallest absolute Gasteiger partial charge is 0.146 e. The summed E-state index contributed by atoms with van der Waals surface area (Å²) < 4.78 is 3.92. The van der Waals surface area contributed by atoms with Crippen molar-refractivity contribution in [3.8, 4) is 0 Å². The summed E-state index contributed by atoms with van der Waals surface area (Å²) in [5.74, 6) is 0.930. The molecule has 2 heterocycles. The lowest BCUT2D eigenvalue weighted by Gasteiger charge is -2.04. The minimum Gasteiger partial charge on any atom is -0.399 e. The average molecular weight is 227 g/mol. The summed E-state index contributed by atoms with van der Waals surface area (Å²) in [5.41, 5.74) is 7.70. The molecule has 0 atom stereocenters. The maximum Gasteiger partial charge on any atom is 0.146 e. The Bertz CT molecular complexity index is 664. The summed E-state index contributed by atoms with van der Waals surface area (Å²) >= 11 is 0. The van der Waals surface area contributed by atoms with Crippen LogP contribution in [-0.4, -0.2) is 19.3 Å². The van der Waals surface area contributed by atoms with Gasteiger partial charge in [0, 0.05) is 29.8 Å². The van der Waals surface area contributed by atoms with E-state index in [-0.39, 0.29) is 0 Å². The second kappa shape index (κ2) is 3.62. The van der Waals surface area contributed by atoms with E-state index in [1.165, 1.54) is 0 Å². The number of hydrogen-bond acceptors (Lipinski definition) is 3. The van der Waals surface area contributed by atoms with E-state index in [0.717, 1.165) is 22.4 Å². The summed E-state index contributed by atoms with van der Waals surface area (Å²) in [4.78, 5) is 4.22. The van der Waals surface area contributed by atoms with E-state index in [4.69, 9.17) is 5.73 Å². The fraction of sp³-hybridized carbons (Fsp3) is 0.167. The number of nitrogens with zero attached hydrogens (tertiary/aromatic N) is 4. The van der Waals surface area contributed by atoms with Crippen LogP contribution in [0.25, 0.3) is 10.9 Å². The largest absolute Gasteiger partial charge is 0.399 e. The van der Waals surface area contributed by atoms with Crippen molar-refractivity contribution in [1.82, 2.24) is 19.3 Å². The molecule has 0 saturated carbocycles. The van der Waals surface area contributed by atoms with Crippen molar-refractivity contribution in [3.63, 3.8) is 0 Å². The average Bonchev–Trinajstić information content (AvgIpc) is 2.87. The Morgan fingerprint density at radius 3 is 2.94 bits per heavy atom. The van der Waals surface area contributed by atoms with E-state index in [1.807, 2.05) is 31.4 Å². The lowest BCUT2D eigenvalue weighted by Crippen LogP contribution is -2.05. The minimum atomic E-state index is 0.712. The van der Waals surface area contributed by atoms with Gasteiger partial charge in [-0.05, 0) is 24.3 Å². The lowest BCUT2D eigenvalue weighted by molar-refractivity contribution is 0.664. The summed E-state index contributed by atoms with van der Waals surface area (Å²) in [6.07, 6.45) is 3.61. The molecule has 2 N–H and O–H groups in total. The van der Waals surface area contributed by atoms with Crippen molar-refractivity contribution in [3.05, 3.63) is 42.6 Å². The Morgan fingerprint density at radius 1 is 1.29 bits per heavy atom. The molecule has 0 aliphatic carbocycles. The molecule has 0 aliphatic rings. The number of hydrogen-bond donors (Lipinski definition) is 1. The summed E-state index contributed by atoms with van der Waals surface area (Å²) in [6, 6.07) is 7.97. The van der Waals surface area contributed by atoms with Crippen LogP contribution in [0.15, 0.2) is 36.8 Å². The molecule has 5 nitrogen and oxygen atoms in total. The van der Waals surface area contributed by atoms with Crippen molar-refractivity contribution >= 4 is 16.6 Å². The lowest BCUT2D eigenvalue weighted by atomic mass is 10.2. The zero-order valence-corrected chi connectivity index (χ0v) is 9.54. The number of aromatic nitrogens is 4. The second-order valence-corrected chi connectivity index (χ2v) is 4.06. The van der Waals surface area contributed by atoms with Crippen LogP contribution in [0.1, 0.15) is 5.82 Å². The molecule has 0 unspecified atom stereocenters. The van der Waals surface area contributed by atoms with Gasteiger partial charge < -0.3 is 10.3 Å². The highest BCUT2D eigenvalue weighted by Crippen LogP contribution is 2.19. The third kappa shape index (κ3) is 1.65. The standard InChI is InChI=1S/C12H13N5/c1-16-12(14-8-15-16)7-17-5-4-9-6-10(13)2-3-11(9)17/h2-6,8H,7,13H2,1H3. The van der Waals surface area contributed by atoms with Gasteiger partial charge in [0.1, 0.15) is 12.2 Å². The van der Waals surface area contributed by atoms with Gasteiger partial charge in [0.2, 0.25) is 0 Å². The van der Waals surface area contributed by atoms with Gasteiger partial charge in [-0.2, -0.15) is 5.10 Å². The third-order valence-electron chi connectivity index (χ3n) is 2.91. The first-order valence-corrected chi connectivity index (χ1v) is 5.41. The monoisotopic (exact) mass is 227 g/mol. The van der Waals surface area contributed by atoms with E-state index >= 15 is 0 Å². The topological polar surface area (TPSA) is 61.7 Å². The first-order valence-electron chi connectivity index (χ1n) is 5.41. The van der Waals surface area contributed by atoms with Crippen molar-refractivity contribution in [1.29, 1.82) is 0 Å². The number of rotatable bonds is 2. The third-order valence-corrected chi connectivity index (χ3v) is 2.91. The highest BCUT2D eigenvalue weighted by atomic mass is 15.3. The van der Waals surface area contributed by atoms with Gasteiger partial charge in [0.25, 0.3) is 0 Å². The van der Waals surface area contributed by atoms with Crippen LogP contribution in [-0.2, 0) is 13.6 Å². The van der Waals surface area contributed by atoms with Gasteiger partial charge in [-0.1, -0.05) is 0 Å².